The van der Waals surface area contributed by atoms with Gasteiger partial charge in [-0.25, -0.2) is 13.4 Å². The zero-order chi connectivity index (χ0) is 19.1. The molecule has 9 heteroatoms. The lowest BCUT2D eigenvalue weighted by Crippen LogP contribution is -2.56. The fourth-order valence-corrected chi connectivity index (χ4v) is 6.47. The number of amides is 2. The van der Waals surface area contributed by atoms with Crippen molar-refractivity contribution in [2.75, 3.05) is 18.8 Å². The van der Waals surface area contributed by atoms with Crippen molar-refractivity contribution in [2.24, 2.45) is 0 Å². The molecule has 0 radical (unpaired) electrons. The van der Waals surface area contributed by atoms with Gasteiger partial charge in [0.2, 0.25) is 5.91 Å². The number of thiazole rings is 1. The summed E-state index contributed by atoms with van der Waals surface area (Å²) in [5, 5.41) is 1.68. The van der Waals surface area contributed by atoms with Crippen LogP contribution >= 0.6 is 11.3 Å². The lowest BCUT2D eigenvalue weighted by atomic mass is 10.0. The van der Waals surface area contributed by atoms with Crippen LogP contribution in [-0.2, 0) is 21.2 Å². The van der Waals surface area contributed by atoms with E-state index in [2.05, 4.69) is 4.98 Å². The third kappa shape index (κ3) is 3.04. The normalized spacial score (nSPS) is 21.0. The molecule has 1 aromatic heterocycles. The number of piperidine rings is 1. The highest BCUT2D eigenvalue weighted by molar-refractivity contribution is 7.93. The van der Waals surface area contributed by atoms with E-state index < -0.39 is 20.5 Å². The molecule has 1 spiro atoms. The largest absolute Gasteiger partial charge is 0.337 e. The van der Waals surface area contributed by atoms with Gasteiger partial charge in [0.1, 0.15) is 16.3 Å². The summed E-state index contributed by atoms with van der Waals surface area (Å²) in [6.45, 7) is 0.835. The molecule has 2 fully saturated rings. The first-order valence-corrected chi connectivity index (χ1v) is 11.3. The molecule has 2 aliphatic heterocycles. The predicted molar refractivity (Wildman–Crippen MR) is 101 cm³/mol. The average molecular weight is 406 g/mol. The van der Waals surface area contributed by atoms with Crippen LogP contribution in [0, 0.1) is 0 Å². The maximum Gasteiger partial charge on any atom is 0.273 e. The molecule has 1 aromatic carbocycles. The SMILES string of the molecule is O=C(c1cscn1)N1CCC2(CC1)N(Cc1ccccc1)C(=O)CS2(=O)=O. The summed E-state index contributed by atoms with van der Waals surface area (Å²) < 4.78 is 25.8. The number of sulfone groups is 1. The van der Waals surface area contributed by atoms with Gasteiger partial charge in [0.25, 0.3) is 5.91 Å². The van der Waals surface area contributed by atoms with Crippen LogP contribution in [0.5, 0.6) is 0 Å². The number of carbonyl (C=O) groups excluding carboxylic acids is 2. The Morgan fingerprint density at radius 3 is 2.52 bits per heavy atom. The minimum atomic E-state index is -3.61. The van der Waals surface area contributed by atoms with Gasteiger partial charge in [0.05, 0.1) is 5.51 Å². The average Bonchev–Trinajstić information content (AvgIpc) is 3.25. The van der Waals surface area contributed by atoms with E-state index in [1.54, 1.807) is 15.8 Å². The van der Waals surface area contributed by atoms with E-state index in [4.69, 9.17) is 0 Å². The quantitative estimate of drug-likeness (QED) is 0.773. The van der Waals surface area contributed by atoms with Crippen LogP contribution in [0.25, 0.3) is 0 Å². The van der Waals surface area contributed by atoms with E-state index in [1.165, 1.54) is 16.2 Å². The highest BCUT2D eigenvalue weighted by Crippen LogP contribution is 2.41. The van der Waals surface area contributed by atoms with Gasteiger partial charge in [-0.1, -0.05) is 30.3 Å². The molecule has 27 heavy (non-hydrogen) atoms. The molecule has 0 saturated carbocycles. The molecule has 142 valence electrons. The third-order valence-corrected chi connectivity index (χ3v) is 8.35. The summed E-state index contributed by atoms with van der Waals surface area (Å²) in [5.74, 6) is -1.01. The summed E-state index contributed by atoms with van der Waals surface area (Å²) in [7, 11) is -3.61. The Bertz CT molecular complexity index is 950. The summed E-state index contributed by atoms with van der Waals surface area (Å²) in [4.78, 5) is 31.0. The zero-order valence-electron chi connectivity index (χ0n) is 14.6. The van der Waals surface area contributed by atoms with Crippen LogP contribution in [0.1, 0.15) is 28.9 Å². The van der Waals surface area contributed by atoms with Crippen LogP contribution in [-0.4, -0.2) is 58.7 Å². The number of hydrogen-bond acceptors (Lipinski definition) is 6. The highest BCUT2D eigenvalue weighted by atomic mass is 32.2. The molecule has 3 heterocycles. The Morgan fingerprint density at radius 1 is 1.19 bits per heavy atom. The molecule has 0 atom stereocenters. The molecule has 2 aliphatic rings. The maximum atomic E-state index is 12.9. The number of rotatable bonds is 3. The van der Waals surface area contributed by atoms with Crippen molar-refractivity contribution in [1.29, 1.82) is 0 Å². The Kier molecular flexibility index (Phi) is 4.51. The first-order valence-electron chi connectivity index (χ1n) is 8.67. The van der Waals surface area contributed by atoms with Crippen molar-refractivity contribution in [3.63, 3.8) is 0 Å². The second-order valence-electron chi connectivity index (χ2n) is 6.84. The molecular weight excluding hydrogens is 386 g/mol. The molecule has 2 saturated heterocycles. The topological polar surface area (TPSA) is 87.7 Å². The highest BCUT2D eigenvalue weighted by Gasteiger charge is 2.58. The molecule has 2 amide bonds. The fourth-order valence-electron chi connectivity index (χ4n) is 3.89. The van der Waals surface area contributed by atoms with Gasteiger partial charge in [-0.15, -0.1) is 11.3 Å². The van der Waals surface area contributed by atoms with Gasteiger partial charge in [0.15, 0.2) is 9.84 Å². The van der Waals surface area contributed by atoms with Crippen molar-refractivity contribution >= 4 is 33.0 Å². The smallest absolute Gasteiger partial charge is 0.273 e. The predicted octanol–water partition coefficient (Wildman–Crippen LogP) is 1.53. The molecular formula is C18H19N3O4S2. The molecule has 0 N–H and O–H groups in total. The van der Waals surface area contributed by atoms with E-state index in [0.717, 1.165) is 5.56 Å². The minimum Gasteiger partial charge on any atom is -0.337 e. The number of carbonyl (C=O) groups is 2. The number of hydrogen-bond donors (Lipinski definition) is 0. The summed E-state index contributed by atoms with van der Waals surface area (Å²) >= 11 is 1.35. The Balaban J connectivity index is 1.58. The maximum absolute atomic E-state index is 12.9. The molecule has 0 unspecified atom stereocenters. The summed E-state index contributed by atoms with van der Waals surface area (Å²) in [6, 6.07) is 9.38. The van der Waals surface area contributed by atoms with Gasteiger partial charge < -0.3 is 9.80 Å². The molecule has 2 aromatic rings. The zero-order valence-corrected chi connectivity index (χ0v) is 16.2. The Labute approximate surface area is 161 Å². The number of nitrogens with zero attached hydrogens (tertiary/aromatic N) is 3. The van der Waals surface area contributed by atoms with Crippen molar-refractivity contribution in [3.05, 3.63) is 52.5 Å². The van der Waals surface area contributed by atoms with E-state index in [-0.39, 0.29) is 44.3 Å². The Morgan fingerprint density at radius 2 is 1.89 bits per heavy atom. The Hall–Kier alpha value is -2.26. The van der Waals surface area contributed by atoms with Crippen LogP contribution in [0.2, 0.25) is 0 Å². The first kappa shape index (κ1) is 18.1. The molecule has 0 aliphatic carbocycles. The van der Waals surface area contributed by atoms with Gasteiger partial charge in [-0.2, -0.15) is 0 Å². The van der Waals surface area contributed by atoms with E-state index in [9.17, 15) is 18.0 Å². The third-order valence-electron chi connectivity index (χ3n) is 5.35. The van der Waals surface area contributed by atoms with E-state index in [0.29, 0.717) is 5.69 Å². The van der Waals surface area contributed by atoms with Crippen LogP contribution in [0.3, 0.4) is 0 Å². The van der Waals surface area contributed by atoms with Gasteiger partial charge in [0, 0.05) is 37.9 Å². The molecule has 7 nitrogen and oxygen atoms in total. The van der Waals surface area contributed by atoms with Crippen LogP contribution in [0.4, 0.5) is 0 Å². The van der Waals surface area contributed by atoms with Gasteiger partial charge in [-0.05, 0) is 5.56 Å². The van der Waals surface area contributed by atoms with Crippen molar-refractivity contribution < 1.29 is 18.0 Å². The molecule has 0 bridgehead atoms. The lowest BCUT2D eigenvalue weighted by molar-refractivity contribution is -0.131. The van der Waals surface area contributed by atoms with Gasteiger partial charge >= 0.3 is 0 Å². The van der Waals surface area contributed by atoms with Gasteiger partial charge in [-0.3, -0.25) is 9.59 Å². The molecule has 4 rings (SSSR count). The second-order valence-corrected chi connectivity index (χ2v) is 9.83. The monoisotopic (exact) mass is 405 g/mol. The first-order chi connectivity index (χ1) is 12.9. The van der Waals surface area contributed by atoms with Crippen molar-refractivity contribution in [2.45, 2.75) is 24.3 Å². The number of likely N-dealkylation sites (tertiary alicyclic amines) is 1. The fraction of sp³-hybridized carbons (Fsp3) is 0.389. The summed E-state index contributed by atoms with van der Waals surface area (Å²) in [5.41, 5.74) is 2.87. The van der Waals surface area contributed by atoms with Crippen LogP contribution in [0.15, 0.2) is 41.2 Å². The van der Waals surface area contributed by atoms with Crippen molar-refractivity contribution in [3.8, 4) is 0 Å². The van der Waals surface area contributed by atoms with Crippen molar-refractivity contribution in [1.82, 2.24) is 14.8 Å². The van der Waals surface area contributed by atoms with Crippen LogP contribution < -0.4 is 0 Å². The standard InChI is InChI=1S/C18H19N3O4S2/c22-16-12-27(24,25)18(21(16)10-14-4-2-1-3-5-14)6-8-20(9-7-18)17(23)15-11-26-13-19-15/h1-5,11,13H,6-10,12H2. The number of aromatic nitrogens is 1. The lowest BCUT2D eigenvalue weighted by Gasteiger charge is -2.43. The number of benzene rings is 1. The minimum absolute atomic E-state index is 0.192. The van der Waals surface area contributed by atoms with E-state index in [1.807, 2.05) is 30.3 Å². The second kappa shape index (κ2) is 6.72. The summed E-state index contributed by atoms with van der Waals surface area (Å²) in [6.07, 6.45) is 0.452. The van der Waals surface area contributed by atoms with E-state index >= 15 is 0 Å².